The quantitative estimate of drug-likeness (QED) is 0.474. The van der Waals surface area contributed by atoms with E-state index in [2.05, 4.69) is 6.58 Å². The van der Waals surface area contributed by atoms with Crippen LogP contribution in [0.15, 0.2) is 47.1 Å². The van der Waals surface area contributed by atoms with Crippen LogP contribution in [0.5, 0.6) is 0 Å². The van der Waals surface area contributed by atoms with E-state index >= 15 is 0 Å². The maximum atomic E-state index is 12.2. The Morgan fingerprint density at radius 1 is 1.44 bits per heavy atom. The summed E-state index contributed by atoms with van der Waals surface area (Å²) >= 11 is 0. The number of ether oxygens (including phenoxy) is 2. The highest BCUT2D eigenvalue weighted by atomic mass is 16.6. The summed E-state index contributed by atoms with van der Waals surface area (Å²) in [7, 11) is 0. The average Bonchev–Trinajstić information content (AvgIpc) is 2.92. The fourth-order valence-corrected chi connectivity index (χ4v) is 4.16. The van der Waals surface area contributed by atoms with Gasteiger partial charge in [-0.3, -0.25) is 0 Å². The van der Waals surface area contributed by atoms with Gasteiger partial charge in [-0.15, -0.1) is 0 Å². The number of allylic oxidation sites excluding steroid dienone is 1. The molecular weight excluding hydrogens is 320 g/mol. The molecule has 0 aromatic heterocycles. The van der Waals surface area contributed by atoms with E-state index in [1.54, 1.807) is 19.9 Å². The van der Waals surface area contributed by atoms with Gasteiger partial charge in [-0.05, 0) is 45.8 Å². The van der Waals surface area contributed by atoms with E-state index < -0.39 is 35.7 Å². The maximum Gasteiger partial charge on any atom is 0.334 e. The SMILES string of the molecule is C=C1C(=O)O[C@@H]2[C@H]1[C@@H](OC(=O)C=C(C)C)C=C(C)[C@]1(O)CC=C(C)[C@H]21. The molecule has 5 heteroatoms. The largest absolute Gasteiger partial charge is 0.457 e. The monoisotopic (exact) mass is 344 g/mol. The van der Waals surface area contributed by atoms with Gasteiger partial charge < -0.3 is 14.6 Å². The van der Waals surface area contributed by atoms with Gasteiger partial charge in [-0.2, -0.15) is 0 Å². The van der Waals surface area contributed by atoms with E-state index in [1.165, 1.54) is 6.08 Å². The van der Waals surface area contributed by atoms with Crippen molar-refractivity contribution in [2.24, 2.45) is 11.8 Å². The molecule has 1 fully saturated rings. The third kappa shape index (κ3) is 2.76. The molecule has 3 rings (SSSR count). The Kier molecular flexibility index (Phi) is 4.23. The molecule has 0 aromatic carbocycles. The first-order valence-electron chi connectivity index (χ1n) is 8.48. The van der Waals surface area contributed by atoms with Crippen LogP contribution in [0.3, 0.4) is 0 Å². The number of fused-ring (bicyclic) bond motifs is 3. The second-order valence-corrected chi connectivity index (χ2v) is 7.45. The minimum absolute atomic E-state index is 0.285. The zero-order valence-corrected chi connectivity index (χ0v) is 15.0. The van der Waals surface area contributed by atoms with Crippen LogP contribution in [0, 0.1) is 11.8 Å². The molecule has 25 heavy (non-hydrogen) atoms. The highest BCUT2D eigenvalue weighted by Gasteiger charge is 2.58. The highest BCUT2D eigenvalue weighted by molar-refractivity contribution is 5.91. The molecular formula is C20H24O5. The summed E-state index contributed by atoms with van der Waals surface area (Å²) in [6.45, 7) is 11.2. The van der Waals surface area contributed by atoms with Crippen molar-refractivity contribution in [1.29, 1.82) is 0 Å². The Morgan fingerprint density at radius 3 is 2.76 bits per heavy atom. The first-order valence-corrected chi connectivity index (χ1v) is 8.48. The Hall–Kier alpha value is -2.14. The van der Waals surface area contributed by atoms with Crippen LogP contribution in [-0.4, -0.2) is 34.9 Å². The molecule has 1 N–H and O–H groups in total. The third-order valence-electron chi connectivity index (χ3n) is 5.44. The topological polar surface area (TPSA) is 72.8 Å². The van der Waals surface area contributed by atoms with Crippen LogP contribution in [0.25, 0.3) is 0 Å². The summed E-state index contributed by atoms with van der Waals surface area (Å²) in [5, 5.41) is 11.3. The minimum atomic E-state index is -1.13. The van der Waals surface area contributed by atoms with Crippen molar-refractivity contribution in [3.8, 4) is 0 Å². The van der Waals surface area contributed by atoms with Gasteiger partial charge in [0.25, 0.3) is 0 Å². The number of esters is 2. The van der Waals surface area contributed by atoms with Crippen LogP contribution in [-0.2, 0) is 19.1 Å². The molecule has 1 saturated heterocycles. The summed E-state index contributed by atoms with van der Waals surface area (Å²) in [6, 6.07) is 0. The van der Waals surface area contributed by atoms with E-state index in [9.17, 15) is 14.7 Å². The molecule has 5 atom stereocenters. The maximum absolute atomic E-state index is 12.2. The summed E-state index contributed by atoms with van der Waals surface area (Å²) in [5.41, 5.74) is 1.67. The molecule has 134 valence electrons. The van der Waals surface area contributed by atoms with Crippen molar-refractivity contribution in [2.75, 3.05) is 0 Å². The molecule has 1 aliphatic heterocycles. The molecule has 0 bridgehead atoms. The van der Waals surface area contributed by atoms with Gasteiger partial charge >= 0.3 is 11.9 Å². The molecule has 0 saturated carbocycles. The number of hydrogen-bond donors (Lipinski definition) is 1. The molecule has 0 amide bonds. The van der Waals surface area contributed by atoms with E-state index in [-0.39, 0.29) is 11.5 Å². The molecule has 2 aliphatic carbocycles. The van der Waals surface area contributed by atoms with Crippen molar-refractivity contribution in [1.82, 2.24) is 0 Å². The molecule has 1 heterocycles. The van der Waals surface area contributed by atoms with E-state index in [1.807, 2.05) is 19.9 Å². The lowest BCUT2D eigenvalue weighted by Gasteiger charge is -2.35. The van der Waals surface area contributed by atoms with Crippen LogP contribution in [0.2, 0.25) is 0 Å². The molecule has 0 radical (unpaired) electrons. The van der Waals surface area contributed by atoms with Crippen LogP contribution >= 0.6 is 0 Å². The number of carbonyl (C=O) groups excluding carboxylic acids is 2. The summed E-state index contributed by atoms with van der Waals surface area (Å²) in [5.74, 6) is -1.83. The van der Waals surface area contributed by atoms with E-state index in [0.29, 0.717) is 6.42 Å². The number of hydrogen-bond acceptors (Lipinski definition) is 5. The summed E-state index contributed by atoms with van der Waals surface area (Å²) in [4.78, 5) is 24.3. The molecule has 3 aliphatic rings. The predicted molar refractivity (Wildman–Crippen MR) is 92.4 cm³/mol. The Morgan fingerprint density at radius 2 is 2.12 bits per heavy atom. The van der Waals surface area contributed by atoms with Gasteiger partial charge in [0.15, 0.2) is 0 Å². The van der Waals surface area contributed by atoms with Gasteiger partial charge in [0.1, 0.15) is 12.2 Å². The number of aliphatic hydroxyl groups is 1. The standard InChI is InChI=1S/C20H24O5/c1-10(2)8-15(21)24-14-9-12(4)20(23)7-6-11(3)17(20)18-16(14)13(5)19(22)25-18/h6,8-9,14,16-18,23H,5,7H2,1-4H3/t14-,16+,17+,18+,20+/m0/s1. The Bertz CT molecular complexity index is 737. The first kappa shape index (κ1) is 17.7. The molecule has 0 unspecified atom stereocenters. The van der Waals surface area contributed by atoms with Crippen LogP contribution in [0.4, 0.5) is 0 Å². The fourth-order valence-electron chi connectivity index (χ4n) is 4.16. The van der Waals surface area contributed by atoms with Crippen molar-refractivity contribution in [3.63, 3.8) is 0 Å². The molecule has 0 spiro atoms. The lowest BCUT2D eigenvalue weighted by atomic mass is 9.76. The van der Waals surface area contributed by atoms with Crippen molar-refractivity contribution < 1.29 is 24.2 Å². The van der Waals surface area contributed by atoms with Gasteiger partial charge in [-0.25, -0.2) is 9.59 Å². The molecule has 0 aromatic rings. The van der Waals surface area contributed by atoms with Crippen molar-refractivity contribution in [2.45, 2.75) is 51.9 Å². The Labute approximate surface area is 147 Å². The third-order valence-corrected chi connectivity index (χ3v) is 5.44. The second kappa shape index (κ2) is 5.99. The fraction of sp³-hybridized carbons (Fsp3) is 0.500. The van der Waals surface area contributed by atoms with Gasteiger partial charge in [0, 0.05) is 11.6 Å². The zero-order valence-electron chi connectivity index (χ0n) is 15.0. The van der Waals surface area contributed by atoms with Gasteiger partial charge in [0.05, 0.1) is 17.4 Å². The number of rotatable bonds is 2. The van der Waals surface area contributed by atoms with Crippen LogP contribution < -0.4 is 0 Å². The lowest BCUT2D eigenvalue weighted by Crippen LogP contribution is -2.44. The van der Waals surface area contributed by atoms with Gasteiger partial charge in [-0.1, -0.05) is 23.8 Å². The Balaban J connectivity index is 2.04. The highest BCUT2D eigenvalue weighted by Crippen LogP contribution is 2.51. The van der Waals surface area contributed by atoms with Crippen LogP contribution in [0.1, 0.15) is 34.1 Å². The van der Waals surface area contributed by atoms with Crippen molar-refractivity contribution >= 4 is 11.9 Å². The van der Waals surface area contributed by atoms with Gasteiger partial charge in [0.2, 0.25) is 0 Å². The lowest BCUT2D eigenvalue weighted by molar-refractivity contribution is -0.146. The second-order valence-electron chi connectivity index (χ2n) is 7.45. The predicted octanol–water partition coefficient (Wildman–Crippen LogP) is 2.62. The minimum Gasteiger partial charge on any atom is -0.457 e. The van der Waals surface area contributed by atoms with E-state index in [0.717, 1.165) is 16.7 Å². The average molecular weight is 344 g/mol. The molecule has 5 nitrogen and oxygen atoms in total. The van der Waals surface area contributed by atoms with E-state index in [4.69, 9.17) is 9.47 Å². The summed E-state index contributed by atoms with van der Waals surface area (Å²) < 4.78 is 11.2. The smallest absolute Gasteiger partial charge is 0.334 e. The summed E-state index contributed by atoms with van der Waals surface area (Å²) in [6.07, 6.45) is 4.28. The zero-order chi connectivity index (χ0) is 18.5. The number of carbonyl (C=O) groups is 2. The van der Waals surface area contributed by atoms with Crippen molar-refractivity contribution in [3.05, 3.63) is 47.1 Å². The normalized spacial score (nSPS) is 36.5. The first-order chi connectivity index (χ1) is 11.6.